The van der Waals surface area contributed by atoms with Gasteiger partial charge in [0.25, 0.3) is 0 Å². The first-order valence-corrected chi connectivity index (χ1v) is 3.51. The van der Waals surface area contributed by atoms with E-state index in [1.54, 1.807) is 22.3 Å². The molecule has 0 fully saturated rings. The Morgan fingerprint density at radius 1 is 1.90 bits per heavy atom. The highest BCUT2D eigenvalue weighted by Gasteiger charge is 2.07. The zero-order chi connectivity index (χ0) is 6.69. The van der Waals surface area contributed by atoms with E-state index in [4.69, 9.17) is 5.73 Å². The normalized spacial score (nSPS) is 15.0. The van der Waals surface area contributed by atoms with Crippen LogP contribution in [0.1, 0.15) is 0 Å². The molecule has 0 radical (unpaired) electrons. The molecule has 0 aliphatic carbocycles. The summed E-state index contributed by atoms with van der Waals surface area (Å²) in [5, 5.41) is 5.46. The molecule has 0 unspecified atom stereocenters. The van der Waals surface area contributed by atoms with E-state index in [-0.39, 0.29) is 29.4 Å². The van der Waals surface area contributed by atoms with E-state index in [0.717, 1.165) is 5.88 Å². The third kappa shape index (κ3) is 3.07. The Balaban J connectivity index is 0.000000810. The molecule has 0 spiro atoms. The molecule has 2 N–H and O–H groups in total. The Morgan fingerprint density at radius 3 is 3.00 bits per heavy atom. The van der Waals surface area contributed by atoms with E-state index in [2.05, 4.69) is 5.10 Å². The molecule has 0 aromatic heterocycles. The Hall–Kier alpha value is -0.230. The first-order chi connectivity index (χ1) is 4.29. The lowest BCUT2D eigenvalue weighted by Gasteiger charge is -2.07. The van der Waals surface area contributed by atoms with Crippen LogP contribution in [-0.4, -0.2) is 28.9 Å². The van der Waals surface area contributed by atoms with Crippen LogP contribution in [0.15, 0.2) is 5.10 Å². The summed E-state index contributed by atoms with van der Waals surface area (Å²) in [6, 6.07) is 0. The van der Waals surface area contributed by atoms with Crippen LogP contribution in [0.25, 0.3) is 0 Å². The van der Waals surface area contributed by atoms with Gasteiger partial charge in [-0.1, -0.05) is 11.8 Å². The topological polar surface area (TPSA) is 58.7 Å². The quantitative estimate of drug-likeness (QED) is 0.720. The van der Waals surface area contributed by atoms with Crippen LogP contribution in [0.3, 0.4) is 0 Å². The molecule has 0 saturated carbocycles. The van der Waals surface area contributed by atoms with Gasteiger partial charge in [-0.2, -0.15) is 5.10 Å². The SMILES string of the molecule is Br.NC(=O)CN1CSC=N1. The van der Waals surface area contributed by atoms with Gasteiger partial charge in [-0.05, 0) is 0 Å². The molecule has 0 bridgehead atoms. The highest BCUT2D eigenvalue weighted by Crippen LogP contribution is 2.07. The summed E-state index contributed by atoms with van der Waals surface area (Å²) in [6.07, 6.45) is 0. The number of hydrogen-bond acceptors (Lipinski definition) is 4. The molecular formula is C4H8BrN3OS. The van der Waals surface area contributed by atoms with Crippen LogP contribution < -0.4 is 5.73 Å². The Kier molecular flexibility index (Phi) is 4.46. The number of primary amides is 1. The van der Waals surface area contributed by atoms with E-state index < -0.39 is 0 Å². The summed E-state index contributed by atoms with van der Waals surface area (Å²) in [4.78, 5) is 10.3. The number of hydrazone groups is 1. The van der Waals surface area contributed by atoms with Gasteiger partial charge in [-0.3, -0.25) is 9.80 Å². The summed E-state index contributed by atoms with van der Waals surface area (Å²) >= 11 is 1.55. The van der Waals surface area contributed by atoms with Gasteiger partial charge in [0.05, 0.1) is 11.4 Å². The number of carbonyl (C=O) groups excluding carboxylic acids is 1. The zero-order valence-electron chi connectivity index (χ0n) is 5.19. The van der Waals surface area contributed by atoms with Crippen molar-refractivity contribution in [1.29, 1.82) is 0 Å². The van der Waals surface area contributed by atoms with Gasteiger partial charge >= 0.3 is 0 Å². The molecule has 1 amide bonds. The first kappa shape index (κ1) is 9.77. The fraction of sp³-hybridized carbons (Fsp3) is 0.500. The second kappa shape index (κ2) is 4.56. The third-order valence-corrected chi connectivity index (χ3v) is 1.54. The molecular weight excluding hydrogens is 218 g/mol. The fourth-order valence-electron chi connectivity index (χ4n) is 0.519. The summed E-state index contributed by atoms with van der Waals surface area (Å²) in [7, 11) is 0. The smallest absolute Gasteiger partial charge is 0.238 e. The molecule has 0 aromatic rings. The van der Waals surface area contributed by atoms with Crippen LogP contribution in [0.4, 0.5) is 0 Å². The van der Waals surface area contributed by atoms with E-state index in [1.807, 2.05) is 0 Å². The van der Waals surface area contributed by atoms with E-state index >= 15 is 0 Å². The van der Waals surface area contributed by atoms with Gasteiger partial charge in [0.2, 0.25) is 5.91 Å². The summed E-state index contributed by atoms with van der Waals surface area (Å²) in [6.45, 7) is 0.226. The van der Waals surface area contributed by atoms with Crippen molar-refractivity contribution in [2.24, 2.45) is 10.8 Å². The molecule has 0 atom stereocenters. The van der Waals surface area contributed by atoms with Crippen LogP contribution in [-0.2, 0) is 4.79 Å². The van der Waals surface area contributed by atoms with Crippen molar-refractivity contribution < 1.29 is 4.79 Å². The van der Waals surface area contributed by atoms with Gasteiger partial charge in [-0.25, -0.2) is 0 Å². The maximum absolute atomic E-state index is 10.3. The van der Waals surface area contributed by atoms with Crippen LogP contribution >= 0.6 is 28.7 Å². The molecule has 1 heterocycles. The number of amides is 1. The Labute approximate surface area is 73.6 Å². The number of nitrogens with zero attached hydrogens (tertiary/aromatic N) is 2. The number of rotatable bonds is 2. The maximum atomic E-state index is 10.3. The zero-order valence-corrected chi connectivity index (χ0v) is 7.72. The number of hydrogen-bond donors (Lipinski definition) is 1. The number of thioether (sulfide) groups is 1. The number of halogens is 1. The van der Waals surface area contributed by atoms with Crippen LogP contribution in [0.2, 0.25) is 0 Å². The third-order valence-electron chi connectivity index (χ3n) is 0.847. The predicted octanol–water partition coefficient (Wildman–Crippen LogP) is -0.000800. The standard InChI is InChI=1S/C4H7N3OS.BrH/c5-4(8)1-7-3-9-2-6-7;/h2H,1,3H2,(H2,5,8);1H. The van der Waals surface area contributed by atoms with E-state index in [0.29, 0.717) is 0 Å². The molecule has 10 heavy (non-hydrogen) atoms. The van der Waals surface area contributed by atoms with E-state index in [1.165, 1.54) is 0 Å². The number of carbonyl (C=O) groups is 1. The van der Waals surface area contributed by atoms with Crippen molar-refractivity contribution >= 4 is 40.2 Å². The second-order valence-corrected chi connectivity index (χ2v) is 2.45. The van der Waals surface area contributed by atoms with Gasteiger partial charge in [0.15, 0.2) is 0 Å². The van der Waals surface area contributed by atoms with E-state index in [9.17, 15) is 4.79 Å². The minimum absolute atomic E-state index is 0. The van der Waals surface area contributed by atoms with Gasteiger partial charge in [0, 0.05) is 0 Å². The monoisotopic (exact) mass is 225 g/mol. The molecule has 4 nitrogen and oxygen atoms in total. The predicted molar refractivity (Wildman–Crippen MR) is 47.2 cm³/mol. The Morgan fingerprint density at radius 2 is 2.60 bits per heavy atom. The molecule has 1 aliphatic heterocycles. The average Bonchev–Trinajstić information content (AvgIpc) is 2.15. The molecule has 1 aliphatic rings. The van der Waals surface area contributed by atoms with Crippen LogP contribution in [0, 0.1) is 0 Å². The first-order valence-electron chi connectivity index (χ1n) is 2.46. The minimum atomic E-state index is -0.338. The second-order valence-electron chi connectivity index (χ2n) is 1.65. The van der Waals surface area contributed by atoms with Crippen LogP contribution in [0.5, 0.6) is 0 Å². The lowest BCUT2D eigenvalue weighted by atomic mass is 10.6. The molecule has 0 saturated heterocycles. The summed E-state index contributed by atoms with van der Waals surface area (Å²) in [5.41, 5.74) is 6.61. The van der Waals surface area contributed by atoms with Crippen molar-refractivity contribution in [2.45, 2.75) is 0 Å². The lowest BCUT2D eigenvalue weighted by Crippen LogP contribution is -2.27. The fourth-order valence-corrected chi connectivity index (χ4v) is 1.12. The maximum Gasteiger partial charge on any atom is 0.238 e. The van der Waals surface area contributed by atoms with Crippen molar-refractivity contribution in [1.82, 2.24) is 5.01 Å². The number of nitrogens with two attached hydrogens (primary N) is 1. The average molecular weight is 226 g/mol. The van der Waals surface area contributed by atoms with Crippen molar-refractivity contribution in [2.75, 3.05) is 12.4 Å². The summed E-state index contributed by atoms with van der Waals surface area (Å²) in [5.74, 6) is 0.401. The molecule has 58 valence electrons. The molecule has 6 heteroatoms. The Bertz CT molecular complexity index is 151. The molecule has 1 rings (SSSR count). The van der Waals surface area contributed by atoms with Gasteiger partial charge in [-0.15, -0.1) is 17.0 Å². The molecule has 0 aromatic carbocycles. The van der Waals surface area contributed by atoms with Crippen molar-refractivity contribution in [3.05, 3.63) is 0 Å². The van der Waals surface area contributed by atoms with Gasteiger partial charge in [0.1, 0.15) is 6.54 Å². The minimum Gasteiger partial charge on any atom is -0.368 e. The highest BCUT2D eigenvalue weighted by molar-refractivity contribution is 8.93. The summed E-state index contributed by atoms with van der Waals surface area (Å²) < 4.78 is 0. The largest absolute Gasteiger partial charge is 0.368 e. The lowest BCUT2D eigenvalue weighted by molar-refractivity contribution is -0.118. The van der Waals surface area contributed by atoms with Crippen molar-refractivity contribution in [3.63, 3.8) is 0 Å². The van der Waals surface area contributed by atoms with Gasteiger partial charge < -0.3 is 5.73 Å². The van der Waals surface area contributed by atoms with Crippen molar-refractivity contribution in [3.8, 4) is 0 Å². The highest BCUT2D eigenvalue weighted by atomic mass is 79.9.